The Morgan fingerprint density at radius 3 is 2.45 bits per heavy atom. The summed E-state index contributed by atoms with van der Waals surface area (Å²) < 4.78 is 18.9. The molecule has 0 aliphatic heterocycles. The summed E-state index contributed by atoms with van der Waals surface area (Å²) in [6.45, 7) is 3.43. The largest absolute Gasteiger partial charge is 0.435 e. The fourth-order valence-corrected chi connectivity index (χ4v) is 1.59. The van der Waals surface area contributed by atoms with Crippen molar-refractivity contribution in [1.82, 2.24) is 10.2 Å². The van der Waals surface area contributed by atoms with E-state index in [0.717, 1.165) is 6.07 Å². The molecule has 0 aliphatic carbocycles. The van der Waals surface area contributed by atoms with Gasteiger partial charge in [0.15, 0.2) is 0 Å². The zero-order valence-corrected chi connectivity index (χ0v) is 10.8. The molecule has 2 rings (SSSR count). The lowest BCUT2D eigenvalue weighted by molar-refractivity contribution is 0.445. The Kier molecular flexibility index (Phi) is 3.58. The van der Waals surface area contributed by atoms with E-state index in [9.17, 15) is 4.39 Å². The van der Waals surface area contributed by atoms with Gasteiger partial charge in [0.05, 0.1) is 5.69 Å². The maximum absolute atomic E-state index is 13.5. The van der Waals surface area contributed by atoms with Crippen LogP contribution < -0.4 is 4.74 Å². The van der Waals surface area contributed by atoms with Crippen LogP contribution in [0.3, 0.4) is 0 Å². The smallest absolute Gasteiger partial charge is 0.257 e. The molecular weight excluding hydrogens is 259 g/mol. The molecule has 0 radical (unpaired) electrons. The molecule has 0 saturated carbocycles. The van der Waals surface area contributed by atoms with E-state index in [-0.39, 0.29) is 22.8 Å². The molecule has 98 valence electrons. The van der Waals surface area contributed by atoms with Crippen LogP contribution in [0.4, 0.5) is 4.39 Å². The van der Waals surface area contributed by atoms with Gasteiger partial charge in [-0.05, 0) is 31.5 Å². The zero-order chi connectivity index (χ0) is 14.7. The number of nitriles is 2. The van der Waals surface area contributed by atoms with Gasteiger partial charge in [-0.2, -0.15) is 15.6 Å². The number of hydrogen-bond donors (Lipinski definition) is 0. The van der Waals surface area contributed by atoms with Crippen LogP contribution in [0.25, 0.3) is 0 Å². The fraction of sp³-hybridized carbons (Fsp3) is 0.143. The van der Waals surface area contributed by atoms with Crippen molar-refractivity contribution in [2.45, 2.75) is 13.8 Å². The van der Waals surface area contributed by atoms with Crippen LogP contribution >= 0.6 is 0 Å². The molecule has 5 nitrogen and oxygen atoms in total. The third kappa shape index (κ3) is 2.27. The van der Waals surface area contributed by atoms with Crippen molar-refractivity contribution in [3.8, 4) is 23.8 Å². The first-order chi connectivity index (χ1) is 9.58. The standard InChI is InChI=1S/C14H9FN4O/c1-8-9(2)18-19-14(10(8)6-16)20-13-5-3-4-12(15)11(13)7-17/h3-5H,1-2H3. The van der Waals surface area contributed by atoms with Crippen molar-refractivity contribution < 1.29 is 9.13 Å². The minimum atomic E-state index is -0.694. The summed E-state index contributed by atoms with van der Waals surface area (Å²) in [6.07, 6.45) is 0. The van der Waals surface area contributed by atoms with Crippen molar-refractivity contribution in [2.24, 2.45) is 0 Å². The highest BCUT2D eigenvalue weighted by molar-refractivity contribution is 5.50. The number of benzene rings is 1. The number of halogens is 1. The summed E-state index contributed by atoms with van der Waals surface area (Å²) in [5.41, 5.74) is 1.21. The van der Waals surface area contributed by atoms with Crippen LogP contribution in [0.2, 0.25) is 0 Å². The average molecular weight is 268 g/mol. The van der Waals surface area contributed by atoms with Crippen molar-refractivity contribution >= 4 is 0 Å². The monoisotopic (exact) mass is 268 g/mol. The maximum Gasteiger partial charge on any atom is 0.257 e. The summed E-state index contributed by atoms with van der Waals surface area (Å²) >= 11 is 0. The molecule has 0 unspecified atom stereocenters. The molecule has 20 heavy (non-hydrogen) atoms. The quantitative estimate of drug-likeness (QED) is 0.836. The summed E-state index contributed by atoms with van der Waals surface area (Å²) in [6, 6.07) is 7.68. The number of rotatable bonds is 2. The van der Waals surface area contributed by atoms with Gasteiger partial charge in [0.25, 0.3) is 5.88 Å². The summed E-state index contributed by atoms with van der Waals surface area (Å²) in [5.74, 6) is -0.737. The second-order valence-electron chi connectivity index (χ2n) is 4.03. The van der Waals surface area contributed by atoms with Gasteiger partial charge < -0.3 is 4.74 Å². The first-order valence-corrected chi connectivity index (χ1v) is 5.69. The van der Waals surface area contributed by atoms with Crippen molar-refractivity contribution in [2.75, 3.05) is 0 Å². The minimum absolute atomic E-state index is 0.00144. The highest BCUT2D eigenvalue weighted by Gasteiger charge is 2.16. The van der Waals surface area contributed by atoms with Gasteiger partial charge in [-0.3, -0.25) is 0 Å². The van der Waals surface area contributed by atoms with Gasteiger partial charge in [0.1, 0.15) is 34.8 Å². The molecule has 2 aromatic rings. The van der Waals surface area contributed by atoms with Crippen LogP contribution in [0.15, 0.2) is 18.2 Å². The van der Waals surface area contributed by atoms with E-state index in [1.807, 2.05) is 6.07 Å². The Bertz CT molecular complexity index is 759. The van der Waals surface area contributed by atoms with E-state index in [1.165, 1.54) is 12.1 Å². The number of hydrogen-bond acceptors (Lipinski definition) is 5. The topological polar surface area (TPSA) is 82.6 Å². The number of aryl methyl sites for hydroxylation is 1. The average Bonchev–Trinajstić information content (AvgIpc) is 2.43. The van der Waals surface area contributed by atoms with E-state index in [4.69, 9.17) is 15.3 Å². The van der Waals surface area contributed by atoms with Crippen molar-refractivity contribution in [3.63, 3.8) is 0 Å². The highest BCUT2D eigenvalue weighted by atomic mass is 19.1. The Morgan fingerprint density at radius 2 is 1.80 bits per heavy atom. The molecule has 0 aliphatic rings. The molecule has 1 aromatic carbocycles. The van der Waals surface area contributed by atoms with Crippen LogP contribution in [0.1, 0.15) is 22.4 Å². The molecular formula is C14H9FN4O. The Labute approximate surface area is 114 Å². The highest BCUT2D eigenvalue weighted by Crippen LogP contribution is 2.28. The number of nitrogens with zero attached hydrogens (tertiary/aromatic N) is 4. The first-order valence-electron chi connectivity index (χ1n) is 5.69. The Morgan fingerprint density at radius 1 is 1.10 bits per heavy atom. The van der Waals surface area contributed by atoms with E-state index in [0.29, 0.717) is 11.3 Å². The molecule has 0 N–H and O–H groups in total. The van der Waals surface area contributed by atoms with Crippen molar-refractivity contribution in [1.29, 1.82) is 10.5 Å². The SMILES string of the molecule is Cc1nnc(Oc2cccc(F)c2C#N)c(C#N)c1C. The fourth-order valence-electron chi connectivity index (χ4n) is 1.59. The Balaban J connectivity index is 2.53. The normalized spacial score (nSPS) is 9.65. The van der Waals surface area contributed by atoms with E-state index >= 15 is 0 Å². The molecule has 0 saturated heterocycles. The van der Waals surface area contributed by atoms with Crippen LogP contribution in [-0.2, 0) is 0 Å². The first kappa shape index (κ1) is 13.4. The summed E-state index contributed by atoms with van der Waals surface area (Å²) in [4.78, 5) is 0. The maximum atomic E-state index is 13.5. The van der Waals surface area contributed by atoms with E-state index < -0.39 is 5.82 Å². The Hall–Kier alpha value is -2.99. The summed E-state index contributed by atoms with van der Waals surface area (Å²) in [5, 5.41) is 25.7. The van der Waals surface area contributed by atoms with Gasteiger partial charge in [-0.15, -0.1) is 5.10 Å². The van der Waals surface area contributed by atoms with Gasteiger partial charge in [-0.1, -0.05) is 6.07 Å². The molecule has 0 spiro atoms. The lowest BCUT2D eigenvalue weighted by atomic mass is 10.1. The van der Waals surface area contributed by atoms with Crippen LogP contribution in [0, 0.1) is 42.3 Å². The van der Waals surface area contributed by atoms with Gasteiger partial charge in [-0.25, -0.2) is 4.39 Å². The van der Waals surface area contributed by atoms with E-state index in [1.54, 1.807) is 19.9 Å². The molecule has 0 atom stereocenters. The predicted molar refractivity (Wildman–Crippen MR) is 67.4 cm³/mol. The zero-order valence-electron chi connectivity index (χ0n) is 10.8. The molecule has 0 bridgehead atoms. The number of aromatic nitrogens is 2. The second-order valence-corrected chi connectivity index (χ2v) is 4.03. The van der Waals surface area contributed by atoms with Gasteiger partial charge in [0.2, 0.25) is 0 Å². The predicted octanol–water partition coefficient (Wildman–Crippen LogP) is 2.77. The third-order valence-electron chi connectivity index (χ3n) is 2.83. The van der Waals surface area contributed by atoms with Gasteiger partial charge in [0, 0.05) is 0 Å². The lowest BCUT2D eigenvalue weighted by Crippen LogP contribution is -2.01. The number of ether oxygens (including phenoxy) is 1. The van der Waals surface area contributed by atoms with Crippen LogP contribution in [-0.4, -0.2) is 10.2 Å². The molecule has 0 amide bonds. The van der Waals surface area contributed by atoms with Gasteiger partial charge >= 0.3 is 0 Å². The minimum Gasteiger partial charge on any atom is -0.435 e. The molecule has 1 aromatic heterocycles. The van der Waals surface area contributed by atoms with Crippen molar-refractivity contribution in [3.05, 3.63) is 46.4 Å². The lowest BCUT2D eigenvalue weighted by Gasteiger charge is -2.09. The summed E-state index contributed by atoms with van der Waals surface area (Å²) in [7, 11) is 0. The molecule has 0 fully saturated rings. The second kappa shape index (κ2) is 5.33. The third-order valence-corrected chi connectivity index (χ3v) is 2.83. The molecule has 6 heteroatoms. The van der Waals surface area contributed by atoms with E-state index in [2.05, 4.69) is 10.2 Å². The molecule has 1 heterocycles. The van der Waals surface area contributed by atoms with Crippen LogP contribution in [0.5, 0.6) is 11.6 Å².